The third-order valence-corrected chi connectivity index (χ3v) is 3.86. The van der Waals surface area contributed by atoms with Crippen molar-refractivity contribution in [3.05, 3.63) is 57.0 Å². The quantitative estimate of drug-likeness (QED) is 0.601. The molecule has 2 rings (SSSR count). The molecule has 8 heteroatoms. The summed E-state index contributed by atoms with van der Waals surface area (Å²) in [7, 11) is 0. The zero-order valence-corrected chi connectivity index (χ0v) is 14.7. The lowest BCUT2D eigenvalue weighted by molar-refractivity contribution is -0.123. The first kappa shape index (κ1) is 18.4. The summed E-state index contributed by atoms with van der Waals surface area (Å²) in [5, 5.41) is 3.67. The fourth-order valence-corrected chi connectivity index (χ4v) is 2.46. The number of nitrogen functional groups attached to an aromatic ring is 1. The summed E-state index contributed by atoms with van der Waals surface area (Å²) in [5.74, 6) is -1.27. The Morgan fingerprint density at radius 2 is 1.71 bits per heavy atom. The summed E-state index contributed by atoms with van der Waals surface area (Å²) in [6.07, 6.45) is -1.06. The second-order valence-electron chi connectivity index (χ2n) is 4.89. The molecule has 0 bridgehead atoms. The molecular formula is C16H13Cl3N2O3. The van der Waals surface area contributed by atoms with Crippen molar-refractivity contribution in [3.8, 4) is 0 Å². The van der Waals surface area contributed by atoms with Gasteiger partial charge in [-0.2, -0.15) is 0 Å². The standard InChI is InChI=1S/C16H13Cl3N2O3/c1-8(15(22)21-14-5-3-9(17)6-12(14)19)24-16(23)11-4-2-10(18)7-13(11)20/h2-8H,20H2,1H3,(H,21,22)/t8-/m0/s1. The van der Waals surface area contributed by atoms with Crippen LogP contribution >= 0.6 is 34.8 Å². The molecule has 126 valence electrons. The molecule has 0 saturated carbocycles. The first-order chi connectivity index (χ1) is 11.3. The van der Waals surface area contributed by atoms with Gasteiger partial charge in [-0.1, -0.05) is 34.8 Å². The van der Waals surface area contributed by atoms with Crippen LogP contribution in [-0.2, 0) is 9.53 Å². The van der Waals surface area contributed by atoms with Crippen LogP contribution in [0.4, 0.5) is 11.4 Å². The van der Waals surface area contributed by atoms with E-state index < -0.39 is 18.0 Å². The minimum atomic E-state index is -1.06. The number of carbonyl (C=O) groups excluding carboxylic acids is 2. The van der Waals surface area contributed by atoms with Crippen molar-refractivity contribution in [2.45, 2.75) is 13.0 Å². The zero-order chi connectivity index (χ0) is 17.9. The fourth-order valence-electron chi connectivity index (χ4n) is 1.82. The number of ether oxygens (including phenoxy) is 1. The van der Waals surface area contributed by atoms with Crippen molar-refractivity contribution in [1.29, 1.82) is 0 Å². The molecule has 0 aliphatic rings. The second kappa shape index (κ2) is 7.75. The van der Waals surface area contributed by atoms with Crippen LogP contribution < -0.4 is 11.1 Å². The largest absolute Gasteiger partial charge is 0.449 e. The Morgan fingerprint density at radius 1 is 1.08 bits per heavy atom. The van der Waals surface area contributed by atoms with Gasteiger partial charge in [0, 0.05) is 15.7 Å². The Hall–Kier alpha value is -1.95. The Morgan fingerprint density at radius 3 is 2.33 bits per heavy atom. The molecule has 2 aromatic rings. The minimum Gasteiger partial charge on any atom is -0.449 e. The third kappa shape index (κ3) is 4.54. The number of hydrogen-bond acceptors (Lipinski definition) is 4. The highest BCUT2D eigenvalue weighted by atomic mass is 35.5. The molecule has 0 fully saturated rings. The fraction of sp³-hybridized carbons (Fsp3) is 0.125. The van der Waals surface area contributed by atoms with E-state index in [0.29, 0.717) is 15.7 Å². The van der Waals surface area contributed by atoms with E-state index >= 15 is 0 Å². The summed E-state index contributed by atoms with van der Waals surface area (Å²) < 4.78 is 5.11. The first-order valence-corrected chi connectivity index (χ1v) is 7.93. The number of nitrogens with two attached hydrogens (primary N) is 1. The summed E-state index contributed by atoms with van der Waals surface area (Å²) in [5.41, 5.74) is 6.37. The van der Waals surface area contributed by atoms with Crippen molar-refractivity contribution in [3.63, 3.8) is 0 Å². The van der Waals surface area contributed by atoms with Crippen molar-refractivity contribution in [1.82, 2.24) is 0 Å². The van der Waals surface area contributed by atoms with Gasteiger partial charge in [0.2, 0.25) is 0 Å². The molecule has 0 aliphatic heterocycles. The van der Waals surface area contributed by atoms with Crippen LogP contribution in [0.2, 0.25) is 15.1 Å². The molecular weight excluding hydrogens is 375 g/mol. The maximum Gasteiger partial charge on any atom is 0.341 e. The van der Waals surface area contributed by atoms with Gasteiger partial charge in [-0.15, -0.1) is 0 Å². The minimum absolute atomic E-state index is 0.128. The number of hydrogen-bond donors (Lipinski definition) is 2. The van der Waals surface area contributed by atoms with Crippen LogP contribution in [-0.4, -0.2) is 18.0 Å². The van der Waals surface area contributed by atoms with Gasteiger partial charge in [0.25, 0.3) is 5.91 Å². The van der Waals surface area contributed by atoms with Crippen LogP contribution in [0.3, 0.4) is 0 Å². The number of esters is 1. The van der Waals surface area contributed by atoms with Gasteiger partial charge >= 0.3 is 5.97 Å². The Bertz CT molecular complexity index is 796. The van der Waals surface area contributed by atoms with Crippen molar-refractivity contribution >= 4 is 58.1 Å². The van der Waals surface area contributed by atoms with Crippen LogP contribution in [0.15, 0.2) is 36.4 Å². The maximum atomic E-state index is 12.1. The molecule has 0 saturated heterocycles. The number of carbonyl (C=O) groups is 2. The van der Waals surface area contributed by atoms with Crippen LogP contribution in [0.25, 0.3) is 0 Å². The van der Waals surface area contributed by atoms with Gasteiger partial charge in [-0.05, 0) is 43.3 Å². The SMILES string of the molecule is C[C@H](OC(=O)c1ccc(Cl)cc1N)C(=O)Nc1ccc(Cl)cc1Cl. The van der Waals surface area contributed by atoms with E-state index in [0.717, 1.165) is 0 Å². The second-order valence-corrected chi connectivity index (χ2v) is 6.17. The van der Waals surface area contributed by atoms with E-state index in [1.807, 2.05) is 0 Å². The van der Waals surface area contributed by atoms with E-state index in [1.165, 1.54) is 31.2 Å². The van der Waals surface area contributed by atoms with Gasteiger partial charge in [0.1, 0.15) is 0 Å². The van der Waals surface area contributed by atoms with Gasteiger partial charge in [-0.25, -0.2) is 4.79 Å². The highest BCUT2D eigenvalue weighted by molar-refractivity contribution is 6.36. The molecule has 1 amide bonds. The van der Waals surface area contributed by atoms with Gasteiger partial charge in [0.05, 0.1) is 16.3 Å². The van der Waals surface area contributed by atoms with E-state index in [9.17, 15) is 9.59 Å². The van der Waals surface area contributed by atoms with Crippen molar-refractivity contribution in [2.24, 2.45) is 0 Å². The summed E-state index contributed by atoms with van der Waals surface area (Å²) >= 11 is 17.5. The Labute approximate surface area is 153 Å². The highest BCUT2D eigenvalue weighted by Gasteiger charge is 2.21. The predicted octanol–water partition coefficient (Wildman–Crippen LogP) is 4.41. The van der Waals surface area contributed by atoms with E-state index in [4.69, 9.17) is 45.3 Å². The highest BCUT2D eigenvalue weighted by Crippen LogP contribution is 2.25. The maximum absolute atomic E-state index is 12.1. The normalized spacial score (nSPS) is 11.7. The molecule has 0 radical (unpaired) electrons. The summed E-state index contributed by atoms with van der Waals surface area (Å²) in [6, 6.07) is 8.98. The zero-order valence-electron chi connectivity index (χ0n) is 12.5. The lowest BCUT2D eigenvalue weighted by atomic mass is 10.2. The Kier molecular flexibility index (Phi) is 5.94. The van der Waals surface area contributed by atoms with Crippen molar-refractivity contribution < 1.29 is 14.3 Å². The van der Waals surface area contributed by atoms with Crippen molar-refractivity contribution in [2.75, 3.05) is 11.1 Å². The van der Waals surface area contributed by atoms with Crippen LogP contribution in [0.5, 0.6) is 0 Å². The molecule has 0 unspecified atom stereocenters. The molecule has 3 N–H and O–H groups in total. The number of nitrogens with one attached hydrogen (secondary N) is 1. The first-order valence-electron chi connectivity index (χ1n) is 6.80. The van der Waals surface area contributed by atoms with Crippen LogP contribution in [0.1, 0.15) is 17.3 Å². The average Bonchev–Trinajstić information content (AvgIpc) is 2.49. The third-order valence-electron chi connectivity index (χ3n) is 3.08. The monoisotopic (exact) mass is 386 g/mol. The summed E-state index contributed by atoms with van der Waals surface area (Å²) in [6.45, 7) is 1.43. The number of anilines is 2. The molecule has 5 nitrogen and oxygen atoms in total. The molecule has 24 heavy (non-hydrogen) atoms. The number of amides is 1. The lowest BCUT2D eigenvalue weighted by Gasteiger charge is -2.15. The van der Waals surface area contributed by atoms with Crippen LogP contribution in [0, 0.1) is 0 Å². The van der Waals surface area contributed by atoms with E-state index in [2.05, 4.69) is 5.32 Å². The lowest BCUT2D eigenvalue weighted by Crippen LogP contribution is -2.30. The smallest absolute Gasteiger partial charge is 0.341 e. The number of halogens is 3. The summed E-state index contributed by atoms with van der Waals surface area (Å²) in [4.78, 5) is 24.2. The molecule has 0 heterocycles. The Balaban J connectivity index is 2.04. The average molecular weight is 388 g/mol. The van der Waals surface area contributed by atoms with Gasteiger partial charge < -0.3 is 15.8 Å². The molecule has 0 aliphatic carbocycles. The molecule has 2 aromatic carbocycles. The van der Waals surface area contributed by atoms with Gasteiger partial charge in [0.15, 0.2) is 6.10 Å². The number of benzene rings is 2. The molecule has 0 spiro atoms. The predicted molar refractivity (Wildman–Crippen MR) is 95.8 cm³/mol. The van der Waals surface area contributed by atoms with Gasteiger partial charge in [-0.3, -0.25) is 4.79 Å². The number of rotatable bonds is 4. The van der Waals surface area contributed by atoms with E-state index in [1.54, 1.807) is 12.1 Å². The topological polar surface area (TPSA) is 81.4 Å². The molecule has 0 aromatic heterocycles. The van der Waals surface area contributed by atoms with E-state index in [-0.39, 0.29) is 16.3 Å². The molecule has 1 atom stereocenters.